The maximum Gasteiger partial charge on any atom is 0.168 e. The number of rotatable bonds is 0. The van der Waals surface area contributed by atoms with E-state index in [0.717, 1.165) is 26.1 Å². The highest BCUT2D eigenvalue weighted by molar-refractivity contribution is 4.77. The fourth-order valence-corrected chi connectivity index (χ4v) is 1.88. The van der Waals surface area contributed by atoms with Gasteiger partial charge < -0.3 is 9.47 Å². The van der Waals surface area contributed by atoms with E-state index in [-0.39, 0.29) is 7.21 Å². The van der Waals surface area contributed by atoms with Crippen LogP contribution in [-0.4, -0.2) is 19.0 Å². The van der Waals surface area contributed by atoms with E-state index >= 15 is 0 Å². The monoisotopic (exact) mass is 144 g/mol. The third-order valence-corrected chi connectivity index (χ3v) is 2.43. The van der Waals surface area contributed by atoms with Gasteiger partial charge in [-0.3, -0.25) is 0 Å². The van der Waals surface area contributed by atoms with Gasteiger partial charge in [0.15, 0.2) is 5.79 Å². The van der Waals surface area contributed by atoms with Crippen molar-refractivity contribution in [3.63, 3.8) is 0 Å². The molecule has 1 saturated heterocycles. The highest BCUT2D eigenvalue weighted by atomic mass is 16.7. The van der Waals surface area contributed by atoms with Crippen molar-refractivity contribution in [2.75, 3.05) is 13.2 Å². The van der Waals surface area contributed by atoms with Crippen LogP contribution in [0.25, 0.3) is 0 Å². The van der Waals surface area contributed by atoms with Crippen molar-refractivity contribution in [2.45, 2.75) is 37.9 Å². The molecular formula is C8H16O2. The normalized spacial score (nSPS) is 31.2. The van der Waals surface area contributed by atoms with E-state index in [1.807, 2.05) is 0 Å². The maximum atomic E-state index is 5.56. The fourth-order valence-electron chi connectivity index (χ4n) is 1.88. The Bertz CT molecular complexity index is 113. The van der Waals surface area contributed by atoms with Gasteiger partial charge in [0.25, 0.3) is 0 Å². The molecule has 0 aromatic rings. The Morgan fingerprint density at radius 2 is 1.50 bits per heavy atom. The summed E-state index contributed by atoms with van der Waals surface area (Å²) in [6.07, 6.45) is 6.15. The van der Waals surface area contributed by atoms with Gasteiger partial charge in [0, 0.05) is 14.3 Å². The van der Waals surface area contributed by atoms with Crippen molar-refractivity contribution in [1.82, 2.24) is 0 Å². The van der Waals surface area contributed by atoms with Crippen molar-refractivity contribution in [3.05, 3.63) is 0 Å². The summed E-state index contributed by atoms with van der Waals surface area (Å²) < 4.78 is 11.1. The molecule has 2 aliphatic rings. The summed E-state index contributed by atoms with van der Waals surface area (Å²) in [6.45, 7) is 1.61. The Kier molecular flexibility index (Phi) is 1.66. The molecule has 0 radical (unpaired) electrons. The highest BCUT2D eigenvalue weighted by Crippen LogP contribution is 2.35. The topological polar surface area (TPSA) is 18.5 Å². The molecule has 0 N–H and O–H groups in total. The lowest BCUT2D eigenvalue weighted by Gasteiger charge is -2.30. The van der Waals surface area contributed by atoms with Crippen molar-refractivity contribution >= 4 is 0 Å². The summed E-state index contributed by atoms with van der Waals surface area (Å²) in [7, 11) is 0. The summed E-state index contributed by atoms with van der Waals surface area (Å²) >= 11 is 0. The van der Waals surface area contributed by atoms with Gasteiger partial charge in [-0.15, -0.1) is 0 Å². The van der Waals surface area contributed by atoms with Gasteiger partial charge in [-0.25, -0.2) is 0 Å². The van der Waals surface area contributed by atoms with Crippen LogP contribution < -0.4 is 0 Å². The molecule has 1 saturated carbocycles. The second kappa shape index (κ2) is 2.51. The first-order valence-electron chi connectivity index (χ1n) is 4.19. The third-order valence-electron chi connectivity index (χ3n) is 2.43. The second-order valence-electron chi connectivity index (χ2n) is 3.17. The van der Waals surface area contributed by atoms with E-state index in [4.69, 9.17) is 9.47 Å². The van der Waals surface area contributed by atoms with Crippen LogP contribution in [0.2, 0.25) is 0 Å². The lowest BCUT2D eigenvalue weighted by atomic mass is 9.94. The van der Waals surface area contributed by atoms with E-state index in [1.165, 1.54) is 19.3 Å². The molecule has 0 amide bonds. The first kappa shape index (κ1) is 6.62. The lowest BCUT2D eigenvalue weighted by Crippen LogP contribution is -2.32. The van der Waals surface area contributed by atoms with Crippen LogP contribution in [0, 0.1) is 0 Å². The average molecular weight is 144 g/mol. The molecule has 1 aliphatic heterocycles. The van der Waals surface area contributed by atoms with Crippen LogP contribution in [0.3, 0.4) is 0 Å². The molecule has 0 atom stereocenters. The molecule has 0 aromatic heterocycles. The summed E-state index contributed by atoms with van der Waals surface area (Å²) in [5, 5.41) is 0. The minimum Gasteiger partial charge on any atom is -0.348 e. The maximum absolute atomic E-state index is 5.56. The average Bonchev–Trinajstić information content (AvgIpc) is 2.39. The standard InChI is InChI=1S/C8H14O2.H2/c1-2-4-8(5-3-1)9-6-7-10-8;/h1-7H2;1H. The zero-order chi connectivity index (χ0) is 6.86. The molecular weight excluding hydrogens is 128 g/mol. The van der Waals surface area contributed by atoms with Gasteiger partial charge in [-0.05, 0) is 12.8 Å². The van der Waals surface area contributed by atoms with Crippen LogP contribution in [0.1, 0.15) is 33.5 Å². The first-order valence-corrected chi connectivity index (χ1v) is 4.19. The SMILES string of the molecule is C1CCC2(CC1)OCCO2.[HH]. The van der Waals surface area contributed by atoms with Crippen LogP contribution in [0.15, 0.2) is 0 Å². The quantitative estimate of drug-likeness (QED) is 0.517. The van der Waals surface area contributed by atoms with Gasteiger partial charge >= 0.3 is 0 Å². The van der Waals surface area contributed by atoms with Crippen LogP contribution in [0.5, 0.6) is 0 Å². The minimum atomic E-state index is -0.127. The van der Waals surface area contributed by atoms with Crippen LogP contribution >= 0.6 is 0 Å². The van der Waals surface area contributed by atoms with Crippen molar-refractivity contribution in [2.24, 2.45) is 0 Å². The number of ether oxygens (including phenoxy) is 2. The Labute approximate surface area is 63.0 Å². The summed E-state index contributed by atoms with van der Waals surface area (Å²) in [5.74, 6) is -0.127. The highest BCUT2D eigenvalue weighted by Gasteiger charge is 2.37. The van der Waals surface area contributed by atoms with Crippen molar-refractivity contribution in [3.8, 4) is 0 Å². The Hall–Kier alpha value is -0.0800. The third kappa shape index (κ3) is 1.06. The van der Waals surface area contributed by atoms with Gasteiger partial charge in [-0.1, -0.05) is 6.42 Å². The molecule has 2 rings (SSSR count). The van der Waals surface area contributed by atoms with Gasteiger partial charge in [0.1, 0.15) is 0 Å². The zero-order valence-corrected chi connectivity index (χ0v) is 6.27. The fraction of sp³-hybridized carbons (Fsp3) is 1.00. The summed E-state index contributed by atoms with van der Waals surface area (Å²) in [4.78, 5) is 0. The molecule has 0 unspecified atom stereocenters. The first-order chi connectivity index (χ1) is 4.91. The smallest absolute Gasteiger partial charge is 0.168 e. The molecule has 10 heavy (non-hydrogen) atoms. The van der Waals surface area contributed by atoms with Crippen LogP contribution in [-0.2, 0) is 9.47 Å². The predicted molar refractivity (Wildman–Crippen MR) is 39.8 cm³/mol. The Morgan fingerprint density at radius 3 is 2.10 bits per heavy atom. The van der Waals surface area contributed by atoms with E-state index in [9.17, 15) is 0 Å². The van der Waals surface area contributed by atoms with Crippen molar-refractivity contribution in [1.29, 1.82) is 0 Å². The Balaban J connectivity index is 0.000000605. The molecule has 1 heterocycles. The molecule has 0 bridgehead atoms. The number of hydrogen-bond donors (Lipinski definition) is 0. The molecule has 1 spiro atoms. The van der Waals surface area contributed by atoms with Gasteiger partial charge in [-0.2, -0.15) is 0 Å². The Morgan fingerprint density at radius 1 is 0.900 bits per heavy atom. The minimum absolute atomic E-state index is 0. The molecule has 2 nitrogen and oxygen atoms in total. The summed E-state index contributed by atoms with van der Waals surface area (Å²) in [5.41, 5.74) is 0. The predicted octanol–water partition coefficient (Wildman–Crippen LogP) is 1.94. The zero-order valence-electron chi connectivity index (χ0n) is 6.27. The number of hydrogen-bond acceptors (Lipinski definition) is 2. The molecule has 2 fully saturated rings. The summed E-state index contributed by atoms with van der Waals surface area (Å²) in [6, 6.07) is 0. The van der Waals surface area contributed by atoms with Gasteiger partial charge in [0.2, 0.25) is 0 Å². The second-order valence-corrected chi connectivity index (χ2v) is 3.17. The van der Waals surface area contributed by atoms with Crippen LogP contribution in [0.4, 0.5) is 0 Å². The molecule has 60 valence electrons. The molecule has 1 aliphatic carbocycles. The van der Waals surface area contributed by atoms with E-state index < -0.39 is 0 Å². The van der Waals surface area contributed by atoms with Crippen molar-refractivity contribution < 1.29 is 10.9 Å². The van der Waals surface area contributed by atoms with Gasteiger partial charge in [0.05, 0.1) is 13.2 Å². The largest absolute Gasteiger partial charge is 0.348 e. The molecule has 2 heteroatoms. The van der Waals surface area contributed by atoms with E-state index in [2.05, 4.69) is 0 Å². The lowest BCUT2D eigenvalue weighted by molar-refractivity contribution is -0.176. The van der Waals surface area contributed by atoms with E-state index in [1.54, 1.807) is 0 Å². The molecule has 0 aromatic carbocycles. The van der Waals surface area contributed by atoms with E-state index in [0.29, 0.717) is 0 Å².